The van der Waals surface area contributed by atoms with E-state index in [1.54, 1.807) is 17.5 Å². The van der Waals surface area contributed by atoms with Crippen molar-refractivity contribution in [3.63, 3.8) is 0 Å². The Morgan fingerprint density at radius 3 is 3.04 bits per heavy atom. The third-order valence-corrected chi connectivity index (χ3v) is 5.10. The van der Waals surface area contributed by atoms with Crippen LogP contribution in [0.5, 0.6) is 0 Å². The number of nitrogens with one attached hydrogen (secondary N) is 2. The molecule has 0 aliphatic heterocycles. The standard InChI is InChI=1S/C18H15N5O2S2/c24-16(20-13-4-1-3-12(9-13)14-10-19-11-25-14)6-7-23-17(21-22-18(23)26)15-5-2-8-27-15/h1-5,8-11H,6-7H2,(H,20,24)(H,22,26). The van der Waals surface area contributed by atoms with Crippen LogP contribution in [0.25, 0.3) is 22.0 Å². The SMILES string of the molecule is O=C(CCn1c(-c2cccs2)n[nH]c1=S)Nc1cccc(-c2cnco2)c1. The summed E-state index contributed by atoms with van der Waals surface area (Å²) in [4.78, 5) is 17.3. The van der Waals surface area contributed by atoms with Crippen molar-refractivity contribution < 1.29 is 9.21 Å². The van der Waals surface area contributed by atoms with Crippen molar-refractivity contribution in [1.82, 2.24) is 19.7 Å². The monoisotopic (exact) mass is 397 g/mol. The van der Waals surface area contributed by atoms with Gasteiger partial charge in [-0.15, -0.1) is 11.3 Å². The molecule has 2 N–H and O–H groups in total. The molecule has 0 fully saturated rings. The summed E-state index contributed by atoms with van der Waals surface area (Å²) in [5, 5.41) is 11.9. The lowest BCUT2D eigenvalue weighted by molar-refractivity contribution is -0.116. The molecule has 7 nitrogen and oxygen atoms in total. The van der Waals surface area contributed by atoms with Crippen LogP contribution in [0.2, 0.25) is 0 Å². The van der Waals surface area contributed by atoms with Gasteiger partial charge in [-0.25, -0.2) is 4.98 Å². The molecule has 0 radical (unpaired) electrons. The Balaban J connectivity index is 1.43. The number of H-pyrrole nitrogens is 1. The van der Waals surface area contributed by atoms with Crippen LogP contribution < -0.4 is 5.32 Å². The normalized spacial score (nSPS) is 10.8. The topological polar surface area (TPSA) is 88.7 Å². The van der Waals surface area contributed by atoms with E-state index in [-0.39, 0.29) is 12.3 Å². The van der Waals surface area contributed by atoms with E-state index in [1.165, 1.54) is 6.39 Å². The van der Waals surface area contributed by atoms with Crippen molar-refractivity contribution >= 4 is 35.1 Å². The molecule has 27 heavy (non-hydrogen) atoms. The van der Waals surface area contributed by atoms with Gasteiger partial charge in [0, 0.05) is 24.2 Å². The third-order valence-electron chi connectivity index (χ3n) is 3.93. The van der Waals surface area contributed by atoms with E-state index in [0.717, 1.165) is 16.3 Å². The van der Waals surface area contributed by atoms with Crippen molar-refractivity contribution in [3.8, 4) is 22.0 Å². The molecule has 4 aromatic rings. The van der Waals surface area contributed by atoms with Gasteiger partial charge in [-0.05, 0) is 35.8 Å². The van der Waals surface area contributed by atoms with Gasteiger partial charge < -0.3 is 9.73 Å². The highest BCUT2D eigenvalue weighted by atomic mass is 32.1. The number of carbonyl (C=O) groups is 1. The van der Waals surface area contributed by atoms with E-state index >= 15 is 0 Å². The molecule has 4 rings (SSSR count). The number of aromatic nitrogens is 4. The molecule has 3 heterocycles. The van der Waals surface area contributed by atoms with Gasteiger partial charge in [0.1, 0.15) is 0 Å². The number of hydrogen-bond acceptors (Lipinski definition) is 6. The van der Waals surface area contributed by atoms with Gasteiger partial charge in [-0.3, -0.25) is 14.5 Å². The highest BCUT2D eigenvalue weighted by Crippen LogP contribution is 2.24. The minimum Gasteiger partial charge on any atom is -0.444 e. The molecule has 0 aliphatic rings. The number of thiophene rings is 1. The van der Waals surface area contributed by atoms with Crippen LogP contribution in [-0.4, -0.2) is 25.7 Å². The summed E-state index contributed by atoms with van der Waals surface area (Å²) in [6.45, 7) is 0.441. The minimum atomic E-state index is -0.107. The van der Waals surface area contributed by atoms with Crippen LogP contribution in [0.1, 0.15) is 6.42 Å². The number of aromatic amines is 1. The highest BCUT2D eigenvalue weighted by molar-refractivity contribution is 7.71. The van der Waals surface area contributed by atoms with Crippen LogP contribution in [0.15, 0.2) is 58.8 Å². The molecule has 9 heteroatoms. The third kappa shape index (κ3) is 3.88. The number of carbonyl (C=O) groups excluding carboxylic acids is 1. The molecular weight excluding hydrogens is 382 g/mol. The minimum absolute atomic E-state index is 0.107. The van der Waals surface area contributed by atoms with E-state index in [4.69, 9.17) is 16.6 Å². The average Bonchev–Trinajstić information content (AvgIpc) is 3.42. The zero-order chi connectivity index (χ0) is 18.6. The summed E-state index contributed by atoms with van der Waals surface area (Å²) in [5.74, 6) is 1.29. The number of anilines is 1. The fourth-order valence-corrected chi connectivity index (χ4v) is 3.61. The van der Waals surface area contributed by atoms with Crippen LogP contribution in [-0.2, 0) is 11.3 Å². The van der Waals surface area contributed by atoms with Crippen LogP contribution in [0, 0.1) is 4.77 Å². The zero-order valence-corrected chi connectivity index (χ0v) is 15.7. The van der Waals surface area contributed by atoms with Crippen molar-refractivity contribution in [2.24, 2.45) is 0 Å². The number of amides is 1. The Labute approximate surface area is 163 Å². The fourth-order valence-electron chi connectivity index (χ4n) is 2.66. The Morgan fingerprint density at radius 2 is 2.26 bits per heavy atom. The van der Waals surface area contributed by atoms with E-state index in [0.29, 0.717) is 22.8 Å². The lowest BCUT2D eigenvalue weighted by Gasteiger charge is -2.08. The van der Waals surface area contributed by atoms with Gasteiger partial charge in [0.25, 0.3) is 0 Å². The van der Waals surface area contributed by atoms with Crippen LogP contribution >= 0.6 is 23.6 Å². The Bertz CT molecular complexity index is 1100. The highest BCUT2D eigenvalue weighted by Gasteiger charge is 2.12. The summed E-state index contributed by atoms with van der Waals surface area (Å²) >= 11 is 6.87. The largest absolute Gasteiger partial charge is 0.444 e. The molecule has 3 aromatic heterocycles. The molecule has 1 amide bonds. The zero-order valence-electron chi connectivity index (χ0n) is 14.1. The first kappa shape index (κ1) is 17.4. The quantitative estimate of drug-likeness (QED) is 0.472. The summed E-state index contributed by atoms with van der Waals surface area (Å²) < 4.78 is 7.63. The molecule has 0 aliphatic carbocycles. The van der Waals surface area contributed by atoms with Crippen molar-refractivity contribution in [2.45, 2.75) is 13.0 Å². The smallest absolute Gasteiger partial charge is 0.226 e. The van der Waals surface area contributed by atoms with Crippen LogP contribution in [0.3, 0.4) is 0 Å². The van der Waals surface area contributed by atoms with Gasteiger partial charge in [-0.1, -0.05) is 18.2 Å². The maximum Gasteiger partial charge on any atom is 0.226 e. The molecular formula is C18H15N5O2S2. The molecule has 1 aromatic carbocycles. The van der Waals surface area contributed by atoms with E-state index in [9.17, 15) is 4.79 Å². The van der Waals surface area contributed by atoms with Gasteiger partial charge in [-0.2, -0.15) is 5.10 Å². The average molecular weight is 397 g/mol. The molecule has 0 saturated heterocycles. The summed E-state index contributed by atoms with van der Waals surface area (Å²) in [6.07, 6.45) is 3.28. The number of hydrogen-bond donors (Lipinski definition) is 2. The maximum atomic E-state index is 12.4. The molecule has 0 bridgehead atoms. The second-order valence-electron chi connectivity index (χ2n) is 5.73. The number of rotatable bonds is 6. The van der Waals surface area contributed by atoms with Gasteiger partial charge in [0.2, 0.25) is 5.91 Å². The van der Waals surface area contributed by atoms with Crippen molar-refractivity contribution in [1.29, 1.82) is 0 Å². The van der Waals surface area contributed by atoms with E-state index in [1.807, 2.05) is 46.3 Å². The summed E-state index contributed by atoms with van der Waals surface area (Å²) in [5.41, 5.74) is 1.55. The predicted octanol–water partition coefficient (Wildman–Crippen LogP) is 4.35. The molecule has 0 spiro atoms. The Hall–Kier alpha value is -3.04. The number of oxazole rings is 1. The fraction of sp³-hybridized carbons (Fsp3) is 0.111. The Kier molecular flexibility index (Phi) is 4.95. The Morgan fingerprint density at radius 1 is 1.33 bits per heavy atom. The van der Waals surface area contributed by atoms with Gasteiger partial charge in [0.05, 0.1) is 11.1 Å². The van der Waals surface area contributed by atoms with Crippen molar-refractivity contribution in [2.75, 3.05) is 5.32 Å². The number of nitrogens with zero attached hydrogens (tertiary/aromatic N) is 3. The first-order valence-electron chi connectivity index (χ1n) is 8.18. The first-order valence-corrected chi connectivity index (χ1v) is 9.47. The number of benzene rings is 1. The van der Waals surface area contributed by atoms with Crippen LogP contribution in [0.4, 0.5) is 5.69 Å². The van der Waals surface area contributed by atoms with E-state index < -0.39 is 0 Å². The lowest BCUT2D eigenvalue weighted by Crippen LogP contribution is -2.15. The predicted molar refractivity (Wildman–Crippen MR) is 106 cm³/mol. The molecule has 0 unspecified atom stereocenters. The molecule has 0 atom stereocenters. The van der Waals surface area contributed by atoms with Gasteiger partial charge >= 0.3 is 0 Å². The lowest BCUT2D eigenvalue weighted by atomic mass is 10.1. The van der Waals surface area contributed by atoms with E-state index in [2.05, 4.69) is 20.5 Å². The second kappa shape index (κ2) is 7.68. The first-order chi connectivity index (χ1) is 13.2. The van der Waals surface area contributed by atoms with Gasteiger partial charge in [0.15, 0.2) is 22.7 Å². The maximum absolute atomic E-state index is 12.4. The van der Waals surface area contributed by atoms with Crippen molar-refractivity contribution in [3.05, 3.63) is 59.1 Å². The summed E-state index contributed by atoms with van der Waals surface area (Å²) in [7, 11) is 0. The molecule has 0 saturated carbocycles. The second-order valence-corrected chi connectivity index (χ2v) is 7.06. The molecule has 136 valence electrons. The summed E-state index contributed by atoms with van der Waals surface area (Å²) in [6, 6.07) is 11.4.